The Hall–Kier alpha value is -3.22. The van der Waals surface area contributed by atoms with Crippen LogP contribution < -0.4 is 10.1 Å². The number of ketones is 1. The first kappa shape index (κ1) is 16.6. The minimum atomic E-state index is -0.631. The smallest absolute Gasteiger partial charge is 0.310 e. The third-order valence-corrected chi connectivity index (χ3v) is 3.54. The number of carbonyl (C=O) groups is 3. The minimum absolute atomic E-state index is 0.0714. The molecule has 1 amide bonds. The molecule has 3 rings (SSSR count). The standard InChI is InChI=1S/C18H14FNO5/c19-13-3-1-2-11(6-13)7-18(23)25-9-15(21)12-4-5-16-14(8-12)20-17(22)10-24-16/h1-6,8H,7,9-10H2,(H,20,22). The van der Waals surface area contributed by atoms with E-state index in [1.54, 1.807) is 12.1 Å². The fraction of sp³-hybridized carbons (Fsp3) is 0.167. The van der Waals surface area contributed by atoms with Gasteiger partial charge in [0.25, 0.3) is 5.91 Å². The number of hydrogen-bond donors (Lipinski definition) is 1. The molecular formula is C18H14FNO5. The van der Waals surface area contributed by atoms with Gasteiger partial charge >= 0.3 is 5.97 Å². The van der Waals surface area contributed by atoms with Crippen LogP contribution in [0.25, 0.3) is 0 Å². The number of benzene rings is 2. The SMILES string of the molecule is O=C1COc2ccc(C(=O)COC(=O)Cc3cccc(F)c3)cc2N1. The Kier molecular flexibility index (Phi) is 4.74. The van der Waals surface area contributed by atoms with Crippen LogP contribution in [0.5, 0.6) is 5.75 Å². The van der Waals surface area contributed by atoms with Crippen molar-refractivity contribution in [2.45, 2.75) is 6.42 Å². The molecule has 0 saturated heterocycles. The Morgan fingerprint density at radius 2 is 2.04 bits per heavy atom. The summed E-state index contributed by atoms with van der Waals surface area (Å²) >= 11 is 0. The summed E-state index contributed by atoms with van der Waals surface area (Å²) in [6.07, 6.45) is -0.126. The monoisotopic (exact) mass is 343 g/mol. The summed E-state index contributed by atoms with van der Waals surface area (Å²) < 4.78 is 23.2. The van der Waals surface area contributed by atoms with Crippen LogP contribution in [0.1, 0.15) is 15.9 Å². The van der Waals surface area contributed by atoms with Gasteiger partial charge < -0.3 is 14.8 Å². The molecule has 7 heteroatoms. The van der Waals surface area contributed by atoms with Crippen LogP contribution in [-0.2, 0) is 20.7 Å². The van der Waals surface area contributed by atoms with Crippen molar-refractivity contribution in [2.75, 3.05) is 18.5 Å². The van der Waals surface area contributed by atoms with Crippen LogP contribution in [0.4, 0.5) is 10.1 Å². The molecule has 0 fully saturated rings. The lowest BCUT2D eigenvalue weighted by atomic mass is 10.1. The maximum Gasteiger partial charge on any atom is 0.310 e. The number of esters is 1. The lowest BCUT2D eigenvalue weighted by Gasteiger charge is -2.18. The molecule has 0 spiro atoms. The van der Waals surface area contributed by atoms with Gasteiger partial charge in [-0.15, -0.1) is 0 Å². The highest BCUT2D eigenvalue weighted by molar-refractivity contribution is 6.01. The normalized spacial score (nSPS) is 12.6. The van der Waals surface area contributed by atoms with Crippen LogP contribution in [0, 0.1) is 5.82 Å². The van der Waals surface area contributed by atoms with E-state index in [0.717, 1.165) is 0 Å². The number of fused-ring (bicyclic) bond motifs is 1. The molecule has 1 heterocycles. The average molecular weight is 343 g/mol. The molecule has 1 aliphatic heterocycles. The molecule has 0 bridgehead atoms. The second-order valence-corrected chi connectivity index (χ2v) is 5.44. The van der Waals surface area contributed by atoms with E-state index in [2.05, 4.69) is 5.32 Å². The summed E-state index contributed by atoms with van der Waals surface area (Å²) in [4.78, 5) is 35.2. The number of ether oxygens (including phenoxy) is 2. The predicted molar refractivity (Wildman–Crippen MR) is 86.0 cm³/mol. The van der Waals surface area contributed by atoms with Crippen LogP contribution in [0.2, 0.25) is 0 Å². The molecule has 2 aromatic carbocycles. The Morgan fingerprint density at radius 1 is 1.20 bits per heavy atom. The van der Waals surface area contributed by atoms with Crippen molar-refractivity contribution in [2.24, 2.45) is 0 Å². The van der Waals surface area contributed by atoms with Gasteiger partial charge in [0.1, 0.15) is 11.6 Å². The highest BCUT2D eigenvalue weighted by Crippen LogP contribution is 2.28. The predicted octanol–water partition coefficient (Wildman–Crippen LogP) is 2.13. The largest absolute Gasteiger partial charge is 0.482 e. The average Bonchev–Trinajstić information content (AvgIpc) is 2.59. The summed E-state index contributed by atoms with van der Waals surface area (Å²) in [5.74, 6) is -1.33. The Labute approximate surface area is 142 Å². The molecule has 0 aliphatic carbocycles. The van der Waals surface area contributed by atoms with Crippen LogP contribution in [0.15, 0.2) is 42.5 Å². The molecule has 25 heavy (non-hydrogen) atoms. The highest BCUT2D eigenvalue weighted by Gasteiger charge is 2.18. The van der Waals surface area contributed by atoms with Crippen molar-refractivity contribution in [1.29, 1.82) is 0 Å². The van der Waals surface area contributed by atoms with Crippen molar-refractivity contribution in [3.05, 3.63) is 59.4 Å². The number of halogens is 1. The maximum atomic E-state index is 13.1. The van der Waals surface area contributed by atoms with E-state index in [4.69, 9.17) is 9.47 Å². The van der Waals surface area contributed by atoms with E-state index in [-0.39, 0.29) is 24.5 Å². The lowest BCUT2D eigenvalue weighted by Crippen LogP contribution is -2.25. The van der Waals surface area contributed by atoms with Gasteiger partial charge in [-0.3, -0.25) is 14.4 Å². The molecule has 6 nitrogen and oxygen atoms in total. The van der Waals surface area contributed by atoms with E-state index in [9.17, 15) is 18.8 Å². The Morgan fingerprint density at radius 3 is 2.84 bits per heavy atom. The summed E-state index contributed by atoms with van der Waals surface area (Å²) in [5, 5.41) is 2.60. The van der Waals surface area contributed by atoms with Gasteiger partial charge in [0, 0.05) is 5.56 Å². The van der Waals surface area contributed by atoms with E-state index in [1.165, 1.54) is 30.3 Å². The second kappa shape index (κ2) is 7.12. The van der Waals surface area contributed by atoms with Gasteiger partial charge in [0.2, 0.25) is 0 Å². The summed E-state index contributed by atoms with van der Waals surface area (Å²) in [6.45, 7) is -0.514. The quantitative estimate of drug-likeness (QED) is 0.664. The Balaban J connectivity index is 1.58. The fourth-order valence-electron chi connectivity index (χ4n) is 2.35. The van der Waals surface area contributed by atoms with Gasteiger partial charge in [-0.25, -0.2) is 4.39 Å². The lowest BCUT2D eigenvalue weighted by molar-refractivity contribution is -0.141. The van der Waals surface area contributed by atoms with Crippen molar-refractivity contribution in [1.82, 2.24) is 0 Å². The molecule has 0 atom stereocenters. The van der Waals surface area contributed by atoms with Gasteiger partial charge in [-0.05, 0) is 35.9 Å². The number of carbonyl (C=O) groups excluding carboxylic acids is 3. The number of Topliss-reactive ketones (excluding diaryl/α,β-unsaturated/α-hetero) is 1. The van der Waals surface area contributed by atoms with Crippen LogP contribution in [0.3, 0.4) is 0 Å². The number of amides is 1. The summed E-state index contributed by atoms with van der Waals surface area (Å²) in [7, 11) is 0. The first-order valence-corrected chi connectivity index (χ1v) is 7.51. The third kappa shape index (κ3) is 4.20. The molecule has 2 aromatic rings. The second-order valence-electron chi connectivity index (χ2n) is 5.44. The summed E-state index contributed by atoms with van der Waals surface area (Å²) in [6, 6.07) is 10.2. The molecule has 1 N–H and O–H groups in total. The third-order valence-electron chi connectivity index (χ3n) is 3.54. The Bertz CT molecular complexity index is 849. The number of nitrogens with one attached hydrogen (secondary N) is 1. The molecule has 0 aromatic heterocycles. The number of anilines is 1. The van der Waals surface area contributed by atoms with Gasteiger partial charge in [0.05, 0.1) is 12.1 Å². The minimum Gasteiger partial charge on any atom is -0.482 e. The first-order valence-electron chi connectivity index (χ1n) is 7.51. The molecule has 128 valence electrons. The van der Waals surface area contributed by atoms with Crippen LogP contribution >= 0.6 is 0 Å². The highest BCUT2D eigenvalue weighted by atomic mass is 19.1. The zero-order valence-electron chi connectivity index (χ0n) is 13.1. The van der Waals surface area contributed by atoms with Crippen molar-refractivity contribution in [3.8, 4) is 5.75 Å². The fourth-order valence-corrected chi connectivity index (χ4v) is 2.35. The number of rotatable bonds is 5. The van der Waals surface area contributed by atoms with E-state index < -0.39 is 24.2 Å². The van der Waals surface area contributed by atoms with E-state index in [0.29, 0.717) is 17.0 Å². The maximum absolute atomic E-state index is 13.1. The van der Waals surface area contributed by atoms with Crippen molar-refractivity contribution < 1.29 is 28.2 Å². The molecule has 0 saturated carbocycles. The van der Waals surface area contributed by atoms with Gasteiger partial charge in [0.15, 0.2) is 19.0 Å². The van der Waals surface area contributed by atoms with Crippen molar-refractivity contribution >= 4 is 23.3 Å². The number of hydrogen-bond acceptors (Lipinski definition) is 5. The summed E-state index contributed by atoms with van der Waals surface area (Å²) in [5.41, 5.74) is 1.14. The van der Waals surface area contributed by atoms with Gasteiger partial charge in [-0.1, -0.05) is 12.1 Å². The van der Waals surface area contributed by atoms with Crippen LogP contribution in [-0.4, -0.2) is 30.9 Å². The molecular weight excluding hydrogens is 329 g/mol. The molecule has 0 radical (unpaired) electrons. The zero-order chi connectivity index (χ0) is 17.8. The first-order chi connectivity index (χ1) is 12.0. The van der Waals surface area contributed by atoms with E-state index >= 15 is 0 Å². The van der Waals surface area contributed by atoms with E-state index in [1.807, 2.05) is 0 Å². The van der Waals surface area contributed by atoms with Crippen molar-refractivity contribution in [3.63, 3.8) is 0 Å². The molecule has 1 aliphatic rings. The topological polar surface area (TPSA) is 81.7 Å². The molecule has 0 unspecified atom stereocenters. The van der Waals surface area contributed by atoms with Gasteiger partial charge in [-0.2, -0.15) is 0 Å². The zero-order valence-corrected chi connectivity index (χ0v) is 13.1.